The zero-order valence-corrected chi connectivity index (χ0v) is 12.4. The summed E-state index contributed by atoms with van der Waals surface area (Å²) < 4.78 is 15.9. The van der Waals surface area contributed by atoms with E-state index < -0.39 is 17.1 Å². The number of nitrogens with zero attached hydrogens (tertiary/aromatic N) is 2. The number of hydrogen-bond donors (Lipinski definition) is 1. The Bertz CT molecular complexity index is 767. The number of halogens is 2. The van der Waals surface area contributed by atoms with Crippen molar-refractivity contribution < 1.29 is 4.39 Å². The second-order valence-electron chi connectivity index (χ2n) is 4.28. The number of aryl methyl sites for hydroxylation is 1. The lowest BCUT2D eigenvalue weighted by Crippen LogP contribution is -2.40. The van der Waals surface area contributed by atoms with Crippen LogP contribution in [-0.4, -0.2) is 9.13 Å². The van der Waals surface area contributed by atoms with Crippen LogP contribution in [0.15, 0.2) is 38.5 Å². The fraction of sp³-hybridized carbons (Fsp3) is 0.231. The van der Waals surface area contributed by atoms with Crippen molar-refractivity contribution in [3.8, 4) is 0 Å². The zero-order chi connectivity index (χ0) is 14.9. The van der Waals surface area contributed by atoms with E-state index in [4.69, 9.17) is 5.73 Å². The summed E-state index contributed by atoms with van der Waals surface area (Å²) in [7, 11) is 0. The third-order valence-corrected chi connectivity index (χ3v) is 3.69. The van der Waals surface area contributed by atoms with Crippen LogP contribution in [0.1, 0.15) is 12.5 Å². The molecule has 7 heteroatoms. The van der Waals surface area contributed by atoms with Crippen LogP contribution in [0.2, 0.25) is 0 Å². The Kier molecular flexibility index (Phi) is 4.08. The van der Waals surface area contributed by atoms with Gasteiger partial charge in [0.2, 0.25) is 0 Å². The third-order valence-electron chi connectivity index (χ3n) is 2.95. The molecule has 106 valence electrons. The zero-order valence-electron chi connectivity index (χ0n) is 10.8. The van der Waals surface area contributed by atoms with Gasteiger partial charge in [0.05, 0.1) is 6.54 Å². The predicted molar refractivity (Wildman–Crippen MR) is 78.3 cm³/mol. The number of rotatable bonds is 3. The average molecular weight is 342 g/mol. The third kappa shape index (κ3) is 2.67. The molecule has 2 rings (SSSR count). The summed E-state index contributed by atoms with van der Waals surface area (Å²) >= 11 is 3.21. The van der Waals surface area contributed by atoms with E-state index in [1.54, 1.807) is 6.92 Å². The summed E-state index contributed by atoms with van der Waals surface area (Å²) in [4.78, 5) is 24.1. The van der Waals surface area contributed by atoms with Crippen LogP contribution in [0, 0.1) is 5.82 Å². The molecule has 0 aliphatic carbocycles. The first-order chi connectivity index (χ1) is 9.43. The predicted octanol–water partition coefficient (Wildman–Crippen LogP) is 1.56. The minimum Gasteiger partial charge on any atom is -0.393 e. The Morgan fingerprint density at radius 2 is 2.05 bits per heavy atom. The van der Waals surface area contributed by atoms with Crippen LogP contribution in [0.25, 0.3) is 0 Å². The van der Waals surface area contributed by atoms with Gasteiger partial charge in [0, 0.05) is 17.2 Å². The number of nitrogen functional groups attached to an aromatic ring is 1. The molecule has 0 amide bonds. The van der Waals surface area contributed by atoms with E-state index in [0.717, 1.165) is 4.57 Å². The molecule has 1 heterocycles. The van der Waals surface area contributed by atoms with Crippen LogP contribution in [0.3, 0.4) is 0 Å². The van der Waals surface area contributed by atoms with E-state index in [0.29, 0.717) is 16.6 Å². The van der Waals surface area contributed by atoms with Crippen LogP contribution in [0.4, 0.5) is 10.1 Å². The quantitative estimate of drug-likeness (QED) is 0.920. The molecule has 0 fully saturated rings. The van der Waals surface area contributed by atoms with Gasteiger partial charge < -0.3 is 5.73 Å². The van der Waals surface area contributed by atoms with Gasteiger partial charge in [-0.1, -0.05) is 22.0 Å². The Balaban J connectivity index is 2.56. The summed E-state index contributed by atoms with van der Waals surface area (Å²) in [6.45, 7) is 2.22. The van der Waals surface area contributed by atoms with Gasteiger partial charge in [-0.25, -0.2) is 9.18 Å². The molecule has 0 aliphatic heterocycles. The minimum atomic E-state index is -0.545. The average Bonchev–Trinajstić information content (AvgIpc) is 2.41. The van der Waals surface area contributed by atoms with Gasteiger partial charge in [-0.05, 0) is 24.6 Å². The second kappa shape index (κ2) is 5.62. The SMILES string of the molecule is CCn1cc(N)c(=O)n(Cc2ccc(F)cc2Br)c1=O. The highest BCUT2D eigenvalue weighted by atomic mass is 79.9. The molecule has 0 saturated heterocycles. The van der Waals surface area contributed by atoms with Gasteiger partial charge in [0.15, 0.2) is 0 Å². The topological polar surface area (TPSA) is 70.0 Å². The summed E-state index contributed by atoms with van der Waals surface area (Å²) in [5.41, 5.74) is 5.26. The molecule has 0 atom stereocenters. The van der Waals surface area contributed by atoms with Crippen molar-refractivity contribution >= 4 is 21.6 Å². The molecule has 0 bridgehead atoms. The normalized spacial score (nSPS) is 10.8. The van der Waals surface area contributed by atoms with Crippen LogP contribution in [0.5, 0.6) is 0 Å². The molecule has 1 aromatic heterocycles. The summed E-state index contributed by atoms with van der Waals surface area (Å²) in [5, 5.41) is 0. The Labute approximate surface area is 122 Å². The van der Waals surface area contributed by atoms with E-state index in [2.05, 4.69) is 15.9 Å². The minimum absolute atomic E-state index is 0.00434. The van der Waals surface area contributed by atoms with Gasteiger partial charge in [0.1, 0.15) is 11.5 Å². The molecule has 0 aliphatic rings. The molecule has 2 N–H and O–H groups in total. The maximum Gasteiger partial charge on any atom is 0.331 e. The van der Waals surface area contributed by atoms with Crippen molar-refractivity contribution in [3.63, 3.8) is 0 Å². The van der Waals surface area contributed by atoms with Crippen molar-refractivity contribution in [1.82, 2.24) is 9.13 Å². The number of nitrogens with two attached hydrogens (primary N) is 1. The molecule has 0 saturated carbocycles. The van der Waals surface area contributed by atoms with Crippen molar-refractivity contribution in [2.45, 2.75) is 20.0 Å². The molecular weight excluding hydrogens is 329 g/mol. The first-order valence-corrected chi connectivity index (χ1v) is 6.77. The number of benzene rings is 1. The van der Waals surface area contributed by atoms with Crippen molar-refractivity contribution in [3.05, 3.63) is 61.1 Å². The Morgan fingerprint density at radius 3 is 2.65 bits per heavy atom. The highest BCUT2D eigenvalue weighted by Gasteiger charge is 2.11. The van der Waals surface area contributed by atoms with Crippen molar-refractivity contribution in [2.75, 3.05) is 5.73 Å². The van der Waals surface area contributed by atoms with Crippen LogP contribution in [-0.2, 0) is 13.1 Å². The highest BCUT2D eigenvalue weighted by Crippen LogP contribution is 2.18. The van der Waals surface area contributed by atoms with Gasteiger partial charge in [-0.2, -0.15) is 0 Å². The van der Waals surface area contributed by atoms with E-state index in [9.17, 15) is 14.0 Å². The lowest BCUT2D eigenvalue weighted by molar-refractivity contribution is 0.599. The van der Waals surface area contributed by atoms with Gasteiger partial charge in [-0.15, -0.1) is 0 Å². The number of hydrogen-bond acceptors (Lipinski definition) is 3. The molecule has 20 heavy (non-hydrogen) atoms. The fourth-order valence-corrected chi connectivity index (χ4v) is 2.34. The van der Waals surface area contributed by atoms with E-state index in [1.807, 2.05) is 0 Å². The molecule has 0 radical (unpaired) electrons. The lowest BCUT2D eigenvalue weighted by atomic mass is 10.2. The maximum atomic E-state index is 13.0. The standard InChI is InChI=1S/C13H13BrFN3O2/c1-2-17-7-11(16)12(19)18(13(17)20)6-8-3-4-9(15)5-10(8)14/h3-5,7H,2,6,16H2,1H3. The fourth-order valence-electron chi connectivity index (χ4n) is 1.86. The van der Waals surface area contributed by atoms with Crippen molar-refractivity contribution in [1.29, 1.82) is 0 Å². The van der Waals surface area contributed by atoms with Gasteiger partial charge in [-0.3, -0.25) is 13.9 Å². The molecule has 5 nitrogen and oxygen atoms in total. The van der Waals surface area contributed by atoms with Gasteiger partial charge >= 0.3 is 5.69 Å². The summed E-state index contributed by atoms with van der Waals surface area (Å²) in [5.74, 6) is -0.397. The number of anilines is 1. The largest absolute Gasteiger partial charge is 0.393 e. The molecule has 2 aromatic rings. The maximum absolute atomic E-state index is 13.0. The highest BCUT2D eigenvalue weighted by molar-refractivity contribution is 9.10. The summed E-state index contributed by atoms with van der Waals surface area (Å²) in [6.07, 6.45) is 1.33. The smallest absolute Gasteiger partial charge is 0.331 e. The molecule has 0 unspecified atom stereocenters. The van der Waals surface area contributed by atoms with Gasteiger partial charge in [0.25, 0.3) is 5.56 Å². The number of aromatic nitrogens is 2. The van der Waals surface area contributed by atoms with Crippen LogP contribution < -0.4 is 17.0 Å². The molecular formula is C13H13BrFN3O2. The van der Waals surface area contributed by atoms with Crippen molar-refractivity contribution in [2.24, 2.45) is 0 Å². The molecule has 1 aromatic carbocycles. The Morgan fingerprint density at radius 1 is 1.35 bits per heavy atom. The molecule has 0 spiro atoms. The first-order valence-electron chi connectivity index (χ1n) is 5.97. The lowest BCUT2D eigenvalue weighted by Gasteiger charge is -2.11. The first kappa shape index (κ1) is 14.5. The second-order valence-corrected chi connectivity index (χ2v) is 5.13. The van der Waals surface area contributed by atoms with E-state index >= 15 is 0 Å². The Hall–Kier alpha value is -1.89. The summed E-state index contributed by atoms with van der Waals surface area (Å²) in [6, 6.07) is 4.07. The van der Waals surface area contributed by atoms with E-state index in [1.165, 1.54) is 29.0 Å². The van der Waals surface area contributed by atoms with Crippen LogP contribution >= 0.6 is 15.9 Å². The monoisotopic (exact) mass is 341 g/mol. The van der Waals surface area contributed by atoms with E-state index in [-0.39, 0.29) is 12.2 Å².